The fraction of sp³-hybridized carbons (Fsp3) is 0.577. The summed E-state index contributed by atoms with van der Waals surface area (Å²) in [5.74, 6) is 0.703. The van der Waals surface area contributed by atoms with Gasteiger partial charge in [0.2, 0.25) is 11.8 Å². The van der Waals surface area contributed by atoms with E-state index in [1.54, 1.807) is 6.08 Å². The fourth-order valence-electron chi connectivity index (χ4n) is 5.18. The molecule has 3 fully saturated rings. The number of hydrogen-bond acceptors (Lipinski definition) is 3. The van der Waals surface area contributed by atoms with Crippen molar-refractivity contribution in [1.29, 1.82) is 0 Å². The molecule has 1 N–H and O–H groups in total. The number of rotatable bonds is 5. The summed E-state index contributed by atoms with van der Waals surface area (Å²) in [7, 11) is 0. The Kier molecular flexibility index (Phi) is 7.28. The first-order chi connectivity index (χ1) is 15.5. The van der Waals surface area contributed by atoms with Gasteiger partial charge in [0.1, 0.15) is 5.70 Å². The van der Waals surface area contributed by atoms with Crippen molar-refractivity contribution in [3.63, 3.8) is 0 Å². The fourth-order valence-corrected chi connectivity index (χ4v) is 5.18. The standard InChI is InChI=1S/C26H35N3O3/c1-19(30)27-23(18-20-8-4-2-5-9-20)26(32)28-16-13-21(14-17-28)24-10-6-3-7-15-29(24)25(31)22-11-12-22/h2,4-5,8-9,18,21-22,24H,3,6-7,10-17H2,1H3,(H,27,30)/b23-18-. The smallest absolute Gasteiger partial charge is 0.270 e. The Morgan fingerprint density at radius 1 is 0.906 bits per heavy atom. The van der Waals surface area contributed by atoms with Gasteiger partial charge in [-0.15, -0.1) is 0 Å². The number of likely N-dealkylation sites (tertiary alicyclic amines) is 2. The molecule has 1 aromatic rings. The van der Waals surface area contributed by atoms with Crippen LogP contribution in [-0.2, 0) is 14.4 Å². The summed E-state index contributed by atoms with van der Waals surface area (Å²) in [5, 5.41) is 2.73. The van der Waals surface area contributed by atoms with Crippen molar-refractivity contribution in [3.8, 4) is 0 Å². The van der Waals surface area contributed by atoms with Crippen molar-refractivity contribution in [2.45, 2.75) is 64.3 Å². The molecule has 3 aliphatic rings. The first kappa shape index (κ1) is 22.6. The molecule has 172 valence electrons. The maximum atomic E-state index is 13.2. The normalized spacial score (nSPS) is 22.9. The highest BCUT2D eigenvalue weighted by molar-refractivity contribution is 6.01. The van der Waals surface area contributed by atoms with Crippen molar-refractivity contribution in [1.82, 2.24) is 15.1 Å². The van der Waals surface area contributed by atoms with E-state index in [2.05, 4.69) is 10.2 Å². The van der Waals surface area contributed by atoms with Crippen LogP contribution in [0.4, 0.5) is 0 Å². The Bertz CT molecular complexity index is 854. The SMILES string of the molecule is CC(=O)N/C(=C\c1ccccc1)C(=O)N1CCC(C2CCCCCN2C(=O)C2CC2)CC1. The van der Waals surface area contributed by atoms with Crippen LogP contribution in [0.3, 0.4) is 0 Å². The highest BCUT2D eigenvalue weighted by atomic mass is 16.2. The molecule has 2 saturated heterocycles. The molecule has 0 aromatic heterocycles. The molecule has 3 amide bonds. The minimum Gasteiger partial charge on any atom is -0.339 e. The molecule has 0 bridgehead atoms. The van der Waals surface area contributed by atoms with Gasteiger partial charge in [-0.2, -0.15) is 0 Å². The van der Waals surface area contributed by atoms with E-state index in [-0.39, 0.29) is 17.7 Å². The van der Waals surface area contributed by atoms with Gasteiger partial charge in [-0.25, -0.2) is 0 Å². The van der Waals surface area contributed by atoms with Crippen molar-refractivity contribution in [2.24, 2.45) is 11.8 Å². The molecule has 0 radical (unpaired) electrons. The summed E-state index contributed by atoms with van der Waals surface area (Å²) in [4.78, 5) is 41.9. The third kappa shape index (κ3) is 5.59. The molecule has 32 heavy (non-hydrogen) atoms. The van der Waals surface area contributed by atoms with E-state index in [1.807, 2.05) is 35.2 Å². The molecule has 2 aliphatic heterocycles. The van der Waals surface area contributed by atoms with E-state index >= 15 is 0 Å². The second kappa shape index (κ2) is 10.3. The summed E-state index contributed by atoms with van der Waals surface area (Å²) >= 11 is 0. The van der Waals surface area contributed by atoms with Gasteiger partial charge in [0.25, 0.3) is 5.91 Å². The maximum Gasteiger partial charge on any atom is 0.270 e. The van der Waals surface area contributed by atoms with Crippen LogP contribution in [0.1, 0.15) is 63.9 Å². The number of carbonyl (C=O) groups excluding carboxylic acids is 3. The lowest BCUT2D eigenvalue weighted by Gasteiger charge is -2.41. The summed E-state index contributed by atoms with van der Waals surface area (Å²) < 4.78 is 0. The molecule has 6 nitrogen and oxygen atoms in total. The van der Waals surface area contributed by atoms with Gasteiger partial charge in [0, 0.05) is 38.5 Å². The Morgan fingerprint density at radius 2 is 1.62 bits per heavy atom. The minimum atomic E-state index is -0.247. The second-order valence-corrected chi connectivity index (χ2v) is 9.50. The van der Waals surface area contributed by atoms with Gasteiger partial charge >= 0.3 is 0 Å². The number of nitrogens with one attached hydrogen (secondary N) is 1. The number of benzene rings is 1. The lowest BCUT2D eigenvalue weighted by molar-refractivity contribution is -0.137. The molecule has 1 aromatic carbocycles. The van der Waals surface area contributed by atoms with E-state index in [0.717, 1.165) is 50.6 Å². The molecule has 1 aliphatic carbocycles. The number of nitrogens with zero attached hydrogens (tertiary/aromatic N) is 2. The zero-order chi connectivity index (χ0) is 22.5. The van der Waals surface area contributed by atoms with Crippen LogP contribution in [-0.4, -0.2) is 53.2 Å². The molecule has 1 atom stereocenters. The molecule has 0 spiro atoms. The quantitative estimate of drug-likeness (QED) is 0.716. The van der Waals surface area contributed by atoms with Crippen LogP contribution in [0.15, 0.2) is 36.0 Å². The first-order valence-corrected chi connectivity index (χ1v) is 12.2. The Balaban J connectivity index is 1.42. The number of hydrogen-bond donors (Lipinski definition) is 1. The average Bonchev–Trinajstić information content (AvgIpc) is 3.65. The average molecular weight is 438 g/mol. The maximum absolute atomic E-state index is 13.2. The summed E-state index contributed by atoms with van der Waals surface area (Å²) in [6.07, 6.45) is 10.2. The zero-order valence-corrected chi connectivity index (χ0v) is 19.1. The number of piperidine rings is 1. The highest BCUT2D eigenvalue weighted by Gasteiger charge is 2.40. The van der Waals surface area contributed by atoms with Crippen molar-refractivity contribution >= 4 is 23.8 Å². The summed E-state index contributed by atoms with van der Waals surface area (Å²) in [6.45, 7) is 3.65. The largest absolute Gasteiger partial charge is 0.339 e. The molecular weight excluding hydrogens is 402 g/mol. The number of carbonyl (C=O) groups is 3. The summed E-state index contributed by atoms with van der Waals surface area (Å²) in [6, 6.07) is 9.89. The van der Waals surface area contributed by atoms with E-state index in [4.69, 9.17) is 0 Å². The Labute approximate surface area is 191 Å². The zero-order valence-electron chi connectivity index (χ0n) is 19.1. The highest BCUT2D eigenvalue weighted by Crippen LogP contribution is 2.36. The molecule has 4 rings (SSSR count). The third-order valence-electron chi connectivity index (χ3n) is 7.03. The third-order valence-corrected chi connectivity index (χ3v) is 7.03. The van der Waals surface area contributed by atoms with Gasteiger partial charge in [-0.1, -0.05) is 43.2 Å². The molecular formula is C26H35N3O3. The monoisotopic (exact) mass is 437 g/mol. The second-order valence-electron chi connectivity index (χ2n) is 9.50. The van der Waals surface area contributed by atoms with E-state index in [1.165, 1.54) is 19.8 Å². The molecule has 1 saturated carbocycles. The minimum absolute atomic E-state index is 0.130. The van der Waals surface area contributed by atoms with Crippen molar-refractivity contribution < 1.29 is 14.4 Å². The van der Waals surface area contributed by atoms with E-state index < -0.39 is 0 Å². The lowest BCUT2D eigenvalue weighted by atomic mass is 9.85. The van der Waals surface area contributed by atoms with Gasteiger partial charge in [-0.3, -0.25) is 14.4 Å². The Hall–Kier alpha value is -2.63. The Morgan fingerprint density at radius 3 is 2.28 bits per heavy atom. The predicted octanol–water partition coefficient (Wildman–Crippen LogP) is 3.58. The van der Waals surface area contributed by atoms with Crippen LogP contribution in [0.5, 0.6) is 0 Å². The van der Waals surface area contributed by atoms with Crippen molar-refractivity contribution in [3.05, 3.63) is 41.6 Å². The molecule has 1 unspecified atom stereocenters. The van der Waals surface area contributed by atoms with Crippen LogP contribution in [0, 0.1) is 11.8 Å². The molecule has 2 heterocycles. The topological polar surface area (TPSA) is 69.7 Å². The first-order valence-electron chi connectivity index (χ1n) is 12.2. The molecule has 6 heteroatoms. The number of amides is 3. The van der Waals surface area contributed by atoms with E-state index in [9.17, 15) is 14.4 Å². The van der Waals surface area contributed by atoms with Crippen LogP contribution < -0.4 is 5.32 Å². The van der Waals surface area contributed by atoms with Gasteiger partial charge in [-0.05, 0) is 56.1 Å². The summed E-state index contributed by atoms with van der Waals surface area (Å²) in [5.41, 5.74) is 1.20. The van der Waals surface area contributed by atoms with Gasteiger partial charge < -0.3 is 15.1 Å². The van der Waals surface area contributed by atoms with E-state index in [0.29, 0.717) is 36.7 Å². The van der Waals surface area contributed by atoms with Gasteiger partial charge in [0.15, 0.2) is 0 Å². The van der Waals surface area contributed by atoms with Crippen LogP contribution in [0.2, 0.25) is 0 Å². The van der Waals surface area contributed by atoms with Crippen LogP contribution in [0.25, 0.3) is 6.08 Å². The van der Waals surface area contributed by atoms with Crippen LogP contribution >= 0.6 is 0 Å². The van der Waals surface area contributed by atoms with Crippen molar-refractivity contribution in [2.75, 3.05) is 19.6 Å². The van der Waals surface area contributed by atoms with Gasteiger partial charge in [0.05, 0.1) is 0 Å². The predicted molar refractivity (Wildman–Crippen MR) is 124 cm³/mol. The lowest BCUT2D eigenvalue weighted by Crippen LogP contribution is -2.49.